The predicted octanol–water partition coefficient (Wildman–Crippen LogP) is 0.620. The zero-order chi connectivity index (χ0) is 10.8. The minimum atomic E-state index is -0.303. The standard InChI is InChI=1S/C11H14N2O2/c1-15-11(14)8-3-2-4-9(5-8)13-7-10(13)6-12/h2-5,10H,6-7,12H2,1H3. The minimum Gasteiger partial charge on any atom is -0.465 e. The van der Waals surface area contributed by atoms with E-state index in [0.29, 0.717) is 18.2 Å². The first-order valence-corrected chi connectivity index (χ1v) is 4.91. The number of hydrogen-bond acceptors (Lipinski definition) is 4. The van der Waals surface area contributed by atoms with E-state index < -0.39 is 0 Å². The lowest BCUT2D eigenvalue weighted by atomic mass is 10.2. The molecular weight excluding hydrogens is 192 g/mol. The van der Waals surface area contributed by atoms with Crippen LogP contribution in [-0.2, 0) is 4.74 Å². The molecular formula is C11H14N2O2. The van der Waals surface area contributed by atoms with Gasteiger partial charge in [-0.3, -0.25) is 0 Å². The van der Waals surface area contributed by atoms with Crippen LogP contribution in [0.1, 0.15) is 10.4 Å². The molecule has 0 aromatic heterocycles. The Morgan fingerprint density at radius 2 is 2.47 bits per heavy atom. The zero-order valence-corrected chi connectivity index (χ0v) is 8.64. The molecule has 1 aliphatic heterocycles. The Kier molecular flexibility index (Phi) is 2.60. The fraction of sp³-hybridized carbons (Fsp3) is 0.364. The zero-order valence-electron chi connectivity index (χ0n) is 8.64. The Labute approximate surface area is 88.6 Å². The molecule has 0 spiro atoms. The van der Waals surface area contributed by atoms with Crippen molar-refractivity contribution < 1.29 is 9.53 Å². The average molecular weight is 206 g/mol. The van der Waals surface area contributed by atoms with Gasteiger partial charge in [0, 0.05) is 18.8 Å². The van der Waals surface area contributed by atoms with E-state index in [1.54, 1.807) is 6.07 Å². The van der Waals surface area contributed by atoms with E-state index in [2.05, 4.69) is 9.64 Å². The quantitative estimate of drug-likeness (QED) is 0.582. The highest BCUT2D eigenvalue weighted by atomic mass is 16.5. The third-order valence-corrected chi connectivity index (χ3v) is 2.59. The fourth-order valence-electron chi connectivity index (χ4n) is 1.63. The van der Waals surface area contributed by atoms with E-state index in [4.69, 9.17) is 5.73 Å². The summed E-state index contributed by atoms with van der Waals surface area (Å²) in [6, 6.07) is 7.84. The Bertz CT molecular complexity index is 379. The first kappa shape index (κ1) is 9.98. The summed E-state index contributed by atoms with van der Waals surface area (Å²) in [5.74, 6) is -0.303. The highest BCUT2D eigenvalue weighted by Gasteiger charge is 2.32. The first-order chi connectivity index (χ1) is 7.26. The first-order valence-electron chi connectivity index (χ1n) is 4.91. The molecule has 1 unspecified atom stereocenters. The van der Waals surface area contributed by atoms with Crippen molar-refractivity contribution in [2.75, 3.05) is 25.1 Å². The molecule has 80 valence electrons. The second-order valence-electron chi connectivity index (χ2n) is 3.58. The van der Waals surface area contributed by atoms with Gasteiger partial charge in [-0.05, 0) is 18.2 Å². The molecule has 1 atom stereocenters. The molecule has 4 nitrogen and oxygen atoms in total. The van der Waals surface area contributed by atoms with Crippen molar-refractivity contribution in [1.82, 2.24) is 0 Å². The summed E-state index contributed by atoms with van der Waals surface area (Å²) in [4.78, 5) is 13.5. The van der Waals surface area contributed by atoms with Gasteiger partial charge in [0.1, 0.15) is 0 Å². The predicted molar refractivity (Wildman–Crippen MR) is 58.0 cm³/mol. The molecule has 2 N–H and O–H groups in total. The van der Waals surface area contributed by atoms with E-state index in [1.165, 1.54) is 7.11 Å². The van der Waals surface area contributed by atoms with Crippen LogP contribution in [0, 0.1) is 0 Å². The molecule has 1 aromatic rings. The molecule has 1 heterocycles. The van der Waals surface area contributed by atoms with Gasteiger partial charge in [0.25, 0.3) is 0 Å². The second kappa shape index (κ2) is 3.90. The van der Waals surface area contributed by atoms with Gasteiger partial charge in [-0.2, -0.15) is 0 Å². The third-order valence-electron chi connectivity index (χ3n) is 2.59. The van der Waals surface area contributed by atoms with Crippen LogP contribution in [0.4, 0.5) is 5.69 Å². The smallest absolute Gasteiger partial charge is 0.337 e. The van der Waals surface area contributed by atoms with E-state index in [9.17, 15) is 4.79 Å². The summed E-state index contributed by atoms with van der Waals surface area (Å²) in [5.41, 5.74) is 7.17. The number of anilines is 1. The van der Waals surface area contributed by atoms with Gasteiger partial charge in [-0.15, -0.1) is 0 Å². The Hall–Kier alpha value is -1.55. The van der Waals surface area contributed by atoms with Crippen molar-refractivity contribution in [2.45, 2.75) is 6.04 Å². The van der Waals surface area contributed by atoms with Gasteiger partial charge in [-0.1, -0.05) is 6.07 Å². The van der Waals surface area contributed by atoms with Crippen LogP contribution >= 0.6 is 0 Å². The van der Waals surface area contributed by atoms with E-state index in [0.717, 1.165) is 12.2 Å². The third kappa shape index (κ3) is 1.94. The number of methoxy groups -OCH3 is 1. The number of hydrogen-bond donors (Lipinski definition) is 1. The number of carbonyl (C=O) groups is 1. The largest absolute Gasteiger partial charge is 0.465 e. The SMILES string of the molecule is COC(=O)c1cccc(N2CC2CN)c1. The Balaban J connectivity index is 2.17. The lowest BCUT2D eigenvalue weighted by molar-refractivity contribution is 0.0601. The van der Waals surface area contributed by atoms with Gasteiger partial charge in [-0.25, -0.2) is 4.79 Å². The maximum atomic E-state index is 11.3. The molecule has 4 heteroatoms. The highest BCUT2D eigenvalue weighted by molar-refractivity contribution is 5.90. The molecule has 0 saturated carbocycles. The lowest BCUT2D eigenvalue weighted by Crippen LogP contribution is -2.12. The number of esters is 1. The van der Waals surface area contributed by atoms with Gasteiger partial charge in [0.05, 0.1) is 18.7 Å². The Morgan fingerprint density at radius 1 is 1.67 bits per heavy atom. The molecule has 0 amide bonds. The summed E-state index contributed by atoms with van der Waals surface area (Å²) in [6.45, 7) is 1.63. The molecule has 0 bridgehead atoms. The molecule has 1 fully saturated rings. The molecule has 0 radical (unpaired) electrons. The van der Waals surface area contributed by atoms with Crippen molar-refractivity contribution in [3.05, 3.63) is 29.8 Å². The number of nitrogens with two attached hydrogens (primary N) is 1. The molecule has 1 saturated heterocycles. The van der Waals surface area contributed by atoms with Crippen LogP contribution in [-0.4, -0.2) is 32.2 Å². The molecule has 2 rings (SSSR count). The molecule has 15 heavy (non-hydrogen) atoms. The van der Waals surface area contributed by atoms with Crippen LogP contribution in [0.15, 0.2) is 24.3 Å². The topological polar surface area (TPSA) is 55.3 Å². The van der Waals surface area contributed by atoms with Gasteiger partial charge in [0.2, 0.25) is 0 Å². The van der Waals surface area contributed by atoms with Crippen molar-refractivity contribution in [2.24, 2.45) is 5.73 Å². The average Bonchev–Trinajstić information content (AvgIpc) is 3.07. The summed E-state index contributed by atoms with van der Waals surface area (Å²) >= 11 is 0. The van der Waals surface area contributed by atoms with E-state index in [-0.39, 0.29) is 5.97 Å². The minimum absolute atomic E-state index is 0.303. The second-order valence-corrected chi connectivity index (χ2v) is 3.58. The normalized spacial score (nSPS) is 18.8. The highest BCUT2D eigenvalue weighted by Crippen LogP contribution is 2.27. The summed E-state index contributed by atoms with van der Waals surface area (Å²) in [6.07, 6.45) is 0. The van der Waals surface area contributed by atoms with Crippen molar-refractivity contribution in [1.29, 1.82) is 0 Å². The molecule has 0 aliphatic carbocycles. The lowest BCUT2D eigenvalue weighted by Gasteiger charge is -2.06. The van der Waals surface area contributed by atoms with Gasteiger partial charge >= 0.3 is 5.97 Å². The maximum absolute atomic E-state index is 11.3. The summed E-state index contributed by atoms with van der Waals surface area (Å²) in [7, 11) is 1.38. The van der Waals surface area contributed by atoms with Crippen LogP contribution in [0.5, 0.6) is 0 Å². The van der Waals surface area contributed by atoms with Crippen LogP contribution in [0.2, 0.25) is 0 Å². The summed E-state index contributed by atoms with van der Waals surface area (Å²) < 4.78 is 4.66. The van der Waals surface area contributed by atoms with E-state index in [1.807, 2.05) is 18.2 Å². The summed E-state index contributed by atoms with van der Waals surface area (Å²) in [5, 5.41) is 0. The fourth-order valence-corrected chi connectivity index (χ4v) is 1.63. The maximum Gasteiger partial charge on any atom is 0.337 e. The number of carbonyl (C=O) groups excluding carboxylic acids is 1. The van der Waals surface area contributed by atoms with Crippen LogP contribution in [0.25, 0.3) is 0 Å². The van der Waals surface area contributed by atoms with Gasteiger partial charge < -0.3 is 15.4 Å². The molecule has 1 aliphatic rings. The van der Waals surface area contributed by atoms with Crippen molar-refractivity contribution in [3.8, 4) is 0 Å². The Morgan fingerprint density at radius 3 is 3.07 bits per heavy atom. The van der Waals surface area contributed by atoms with E-state index >= 15 is 0 Å². The molecule has 1 aromatic carbocycles. The van der Waals surface area contributed by atoms with Crippen LogP contribution in [0.3, 0.4) is 0 Å². The number of nitrogens with zero attached hydrogens (tertiary/aromatic N) is 1. The monoisotopic (exact) mass is 206 g/mol. The number of rotatable bonds is 3. The van der Waals surface area contributed by atoms with Crippen molar-refractivity contribution >= 4 is 11.7 Å². The number of ether oxygens (including phenoxy) is 1. The van der Waals surface area contributed by atoms with Gasteiger partial charge in [0.15, 0.2) is 0 Å². The van der Waals surface area contributed by atoms with Crippen LogP contribution < -0.4 is 10.6 Å². The number of benzene rings is 1. The van der Waals surface area contributed by atoms with Crippen molar-refractivity contribution in [3.63, 3.8) is 0 Å².